The molecule has 5 heteroatoms. The summed E-state index contributed by atoms with van der Waals surface area (Å²) in [7, 11) is 0. The van der Waals surface area contributed by atoms with Gasteiger partial charge in [0.2, 0.25) is 0 Å². The molecule has 0 radical (unpaired) electrons. The van der Waals surface area contributed by atoms with Crippen molar-refractivity contribution in [3.8, 4) is 11.3 Å². The Morgan fingerprint density at radius 1 is 1.04 bits per heavy atom. The highest BCUT2D eigenvalue weighted by atomic mass is 16.3. The van der Waals surface area contributed by atoms with Gasteiger partial charge in [0.25, 0.3) is 0 Å². The fourth-order valence-electron chi connectivity index (χ4n) is 3.54. The monoisotopic (exact) mass is 311 g/mol. The molecule has 120 valence electrons. The summed E-state index contributed by atoms with van der Waals surface area (Å²) >= 11 is 0. The summed E-state index contributed by atoms with van der Waals surface area (Å²) < 4.78 is 5.92. The maximum absolute atomic E-state index is 11.4. The molecule has 0 spiro atoms. The summed E-state index contributed by atoms with van der Waals surface area (Å²) in [5, 5.41) is 9.53. The topological polar surface area (TPSA) is 66.3 Å². The maximum atomic E-state index is 11.4. The zero-order valence-electron chi connectivity index (χ0n) is 12.9. The quantitative estimate of drug-likeness (QED) is 0.813. The molecule has 1 aromatic heterocycles. The third kappa shape index (κ3) is 3.10. The van der Waals surface area contributed by atoms with Crippen molar-refractivity contribution in [1.29, 1.82) is 0 Å². The third-order valence-electron chi connectivity index (χ3n) is 4.77. The van der Waals surface area contributed by atoms with Crippen molar-refractivity contribution in [2.75, 3.05) is 0 Å². The van der Waals surface area contributed by atoms with Gasteiger partial charge in [-0.1, -0.05) is 30.3 Å². The fourth-order valence-corrected chi connectivity index (χ4v) is 3.54. The molecule has 5 nitrogen and oxygen atoms in total. The molecule has 3 unspecified atom stereocenters. The first-order valence-corrected chi connectivity index (χ1v) is 8.22. The lowest BCUT2D eigenvalue weighted by Crippen LogP contribution is -2.46. The van der Waals surface area contributed by atoms with Crippen LogP contribution in [0.2, 0.25) is 0 Å². The van der Waals surface area contributed by atoms with Crippen molar-refractivity contribution >= 4 is 6.03 Å². The van der Waals surface area contributed by atoms with Crippen LogP contribution in [0, 0.1) is 0 Å². The van der Waals surface area contributed by atoms with E-state index in [-0.39, 0.29) is 12.1 Å². The van der Waals surface area contributed by atoms with Crippen LogP contribution >= 0.6 is 0 Å². The van der Waals surface area contributed by atoms with Gasteiger partial charge in [-0.3, -0.25) is 0 Å². The lowest BCUT2D eigenvalue weighted by atomic mass is 9.88. The number of carbonyl (C=O) groups excluding carboxylic acids is 1. The minimum atomic E-state index is -0.0285. The zero-order valence-corrected chi connectivity index (χ0v) is 12.9. The second-order valence-electron chi connectivity index (χ2n) is 6.35. The molecule has 2 amide bonds. The largest absolute Gasteiger partial charge is 0.460 e. The molecule has 2 heterocycles. The second kappa shape index (κ2) is 6.08. The minimum Gasteiger partial charge on any atom is -0.460 e. The van der Waals surface area contributed by atoms with E-state index in [0.29, 0.717) is 12.1 Å². The number of furan rings is 1. The second-order valence-corrected chi connectivity index (χ2v) is 6.35. The van der Waals surface area contributed by atoms with E-state index >= 15 is 0 Å². The lowest BCUT2D eigenvalue weighted by Gasteiger charge is -2.31. The van der Waals surface area contributed by atoms with Crippen LogP contribution in [-0.4, -0.2) is 24.2 Å². The van der Waals surface area contributed by atoms with E-state index in [2.05, 4.69) is 16.0 Å². The molecular formula is C18H21N3O2. The summed E-state index contributed by atoms with van der Waals surface area (Å²) in [4.78, 5) is 11.4. The van der Waals surface area contributed by atoms with Gasteiger partial charge in [0.05, 0.1) is 18.6 Å². The van der Waals surface area contributed by atoms with Gasteiger partial charge in [-0.2, -0.15) is 0 Å². The molecule has 2 fully saturated rings. The van der Waals surface area contributed by atoms with Crippen LogP contribution in [-0.2, 0) is 6.54 Å². The van der Waals surface area contributed by atoms with Crippen molar-refractivity contribution in [2.45, 2.75) is 43.9 Å². The minimum absolute atomic E-state index is 0.0285. The number of benzene rings is 1. The Labute approximate surface area is 135 Å². The fraction of sp³-hybridized carbons (Fsp3) is 0.389. The average molecular weight is 311 g/mol. The number of carbonyl (C=O) groups is 1. The predicted octanol–water partition coefficient (Wildman–Crippen LogP) is 2.64. The summed E-state index contributed by atoms with van der Waals surface area (Å²) in [5.74, 6) is 1.85. The van der Waals surface area contributed by atoms with E-state index in [1.165, 1.54) is 0 Å². The van der Waals surface area contributed by atoms with Gasteiger partial charge in [0.15, 0.2) is 0 Å². The number of nitrogens with one attached hydrogen (secondary N) is 3. The van der Waals surface area contributed by atoms with Gasteiger partial charge in [-0.25, -0.2) is 4.79 Å². The summed E-state index contributed by atoms with van der Waals surface area (Å²) in [6, 6.07) is 15.1. The van der Waals surface area contributed by atoms with Gasteiger partial charge in [-0.15, -0.1) is 0 Å². The van der Waals surface area contributed by atoms with Crippen LogP contribution in [0.4, 0.5) is 4.79 Å². The number of rotatable bonds is 4. The van der Waals surface area contributed by atoms with E-state index in [0.717, 1.165) is 42.9 Å². The maximum Gasteiger partial charge on any atom is 0.315 e. The van der Waals surface area contributed by atoms with Gasteiger partial charge in [-0.05, 0) is 31.4 Å². The zero-order chi connectivity index (χ0) is 15.6. The van der Waals surface area contributed by atoms with Crippen LogP contribution in [0.5, 0.6) is 0 Å². The highest BCUT2D eigenvalue weighted by Gasteiger charge is 2.36. The molecule has 1 aromatic carbocycles. The van der Waals surface area contributed by atoms with Crippen LogP contribution in [0.25, 0.3) is 11.3 Å². The molecule has 1 saturated heterocycles. The van der Waals surface area contributed by atoms with Crippen molar-refractivity contribution in [3.05, 3.63) is 48.2 Å². The molecule has 23 heavy (non-hydrogen) atoms. The van der Waals surface area contributed by atoms with Crippen molar-refractivity contribution in [3.63, 3.8) is 0 Å². The third-order valence-corrected chi connectivity index (χ3v) is 4.77. The van der Waals surface area contributed by atoms with Crippen LogP contribution in [0.15, 0.2) is 46.9 Å². The number of amides is 2. The Morgan fingerprint density at radius 2 is 1.87 bits per heavy atom. The first-order chi connectivity index (χ1) is 11.3. The Balaban J connectivity index is 1.33. The molecule has 0 bridgehead atoms. The number of urea groups is 1. The Bertz CT molecular complexity index is 683. The number of hydrogen-bond acceptors (Lipinski definition) is 3. The molecule has 4 rings (SSSR count). The first kappa shape index (κ1) is 14.3. The van der Waals surface area contributed by atoms with Crippen LogP contribution < -0.4 is 16.0 Å². The average Bonchev–Trinajstić information content (AvgIpc) is 3.18. The summed E-state index contributed by atoms with van der Waals surface area (Å²) in [6.07, 6.45) is 3.07. The first-order valence-electron chi connectivity index (χ1n) is 8.22. The molecule has 1 aliphatic heterocycles. The Hall–Kier alpha value is -2.27. The van der Waals surface area contributed by atoms with E-state index in [1.807, 2.05) is 42.5 Å². The smallest absolute Gasteiger partial charge is 0.315 e. The van der Waals surface area contributed by atoms with E-state index < -0.39 is 0 Å². The lowest BCUT2D eigenvalue weighted by molar-refractivity contribution is 0.247. The molecule has 3 N–H and O–H groups in total. The highest BCUT2D eigenvalue weighted by Crippen LogP contribution is 2.24. The summed E-state index contributed by atoms with van der Waals surface area (Å²) in [5.41, 5.74) is 1.10. The SMILES string of the molecule is O=C1NC2CCC(NCc3ccc(-c4ccccc4)o3)CC2N1. The van der Waals surface area contributed by atoms with Gasteiger partial charge >= 0.3 is 6.03 Å². The van der Waals surface area contributed by atoms with Crippen molar-refractivity contribution in [1.82, 2.24) is 16.0 Å². The van der Waals surface area contributed by atoms with E-state index in [4.69, 9.17) is 4.42 Å². The molecule has 2 aliphatic rings. The van der Waals surface area contributed by atoms with Gasteiger partial charge < -0.3 is 20.4 Å². The van der Waals surface area contributed by atoms with E-state index in [1.54, 1.807) is 0 Å². The van der Waals surface area contributed by atoms with Crippen LogP contribution in [0.1, 0.15) is 25.0 Å². The Kier molecular flexibility index (Phi) is 3.79. The Morgan fingerprint density at radius 3 is 2.74 bits per heavy atom. The number of hydrogen-bond donors (Lipinski definition) is 3. The van der Waals surface area contributed by atoms with Crippen molar-refractivity contribution in [2.24, 2.45) is 0 Å². The van der Waals surface area contributed by atoms with Gasteiger partial charge in [0, 0.05) is 11.6 Å². The number of fused-ring (bicyclic) bond motifs is 1. The molecule has 1 saturated carbocycles. The molecular weight excluding hydrogens is 290 g/mol. The predicted molar refractivity (Wildman–Crippen MR) is 87.9 cm³/mol. The normalized spacial score (nSPS) is 26.4. The van der Waals surface area contributed by atoms with Crippen LogP contribution in [0.3, 0.4) is 0 Å². The summed E-state index contributed by atoms with van der Waals surface area (Å²) in [6.45, 7) is 0.719. The standard InChI is InChI=1S/C18H21N3O2/c22-18-20-15-8-6-13(10-16(15)21-18)19-11-14-7-9-17(23-14)12-4-2-1-3-5-12/h1-5,7,9,13,15-16,19H,6,8,10-11H2,(H2,20,21,22). The van der Waals surface area contributed by atoms with Crippen molar-refractivity contribution < 1.29 is 9.21 Å². The molecule has 2 aromatic rings. The van der Waals surface area contributed by atoms with E-state index in [9.17, 15) is 4.79 Å². The highest BCUT2D eigenvalue weighted by molar-refractivity contribution is 5.77. The van der Waals surface area contributed by atoms with Gasteiger partial charge in [0.1, 0.15) is 11.5 Å². The molecule has 1 aliphatic carbocycles. The molecule has 3 atom stereocenters.